The van der Waals surface area contributed by atoms with Crippen molar-refractivity contribution < 1.29 is 56.5 Å². The molecule has 0 fully saturated rings. The smallest absolute Gasteiger partial charge is 0.480 e. The summed E-state index contributed by atoms with van der Waals surface area (Å²) in [5, 5.41) is 14.4. The molecule has 0 saturated heterocycles. The average Bonchev–Trinajstić information content (AvgIpc) is 3.63. The molecule has 15 heteroatoms. The number of rotatable bonds is 12. The monoisotopic (exact) mass is 740 g/mol. The number of benzene rings is 3. The van der Waals surface area contributed by atoms with E-state index in [1.165, 1.54) is 61.5 Å². The lowest BCUT2D eigenvalue weighted by molar-refractivity contribution is -0.167. The van der Waals surface area contributed by atoms with E-state index in [4.69, 9.17) is 14.2 Å². The van der Waals surface area contributed by atoms with Gasteiger partial charge in [0.2, 0.25) is 5.41 Å². The van der Waals surface area contributed by atoms with Gasteiger partial charge in [0.25, 0.3) is 11.8 Å². The summed E-state index contributed by atoms with van der Waals surface area (Å²) in [5.74, 6) is -4.23. The third kappa shape index (κ3) is 8.77. The number of carboxylic acids is 1. The number of alkyl halides is 3. The van der Waals surface area contributed by atoms with Gasteiger partial charge in [-0.05, 0) is 79.2 Å². The third-order valence-electron chi connectivity index (χ3n) is 7.96. The minimum absolute atomic E-state index is 0.0127. The van der Waals surface area contributed by atoms with Crippen LogP contribution in [-0.2, 0) is 30.7 Å². The van der Waals surface area contributed by atoms with Gasteiger partial charge in [-0.15, -0.1) is 11.3 Å². The largest absolute Gasteiger partial charge is 0.513 e. The first-order valence-electron chi connectivity index (χ1n) is 15.8. The van der Waals surface area contributed by atoms with Crippen LogP contribution in [0.2, 0.25) is 0 Å². The Morgan fingerprint density at radius 1 is 0.942 bits per heavy atom. The molecule has 0 aliphatic heterocycles. The van der Waals surface area contributed by atoms with E-state index in [0.29, 0.717) is 17.5 Å². The summed E-state index contributed by atoms with van der Waals surface area (Å²) in [5.41, 5.74) is -1.77. The standard InChI is InChI=1S/C37H35F3N2O9S/c1-6-22(3)50-34(47)36(33(45)46,30-8-7-17-52-30)20-49-35(48)51-25-14-16-29(28(19-25)32(44)42(4)5)41-31(43)26-15-9-21(2)18-27(26)23-10-12-24(13-11-23)37(38,39)40/h7-19,22H,6,20H2,1-5H3,(H,41,43)(H,45,46). The zero-order valence-electron chi connectivity index (χ0n) is 28.7. The Kier molecular flexibility index (Phi) is 12.1. The van der Waals surface area contributed by atoms with Gasteiger partial charge in [0.1, 0.15) is 12.4 Å². The van der Waals surface area contributed by atoms with Crippen LogP contribution in [0.1, 0.15) is 57.0 Å². The minimum atomic E-state index is -4.54. The van der Waals surface area contributed by atoms with E-state index in [9.17, 15) is 42.3 Å². The normalized spacial score (nSPS) is 12.9. The molecule has 4 aromatic rings. The Hall–Kier alpha value is -5.70. The van der Waals surface area contributed by atoms with Gasteiger partial charge in [-0.3, -0.25) is 19.2 Å². The first-order chi connectivity index (χ1) is 24.5. The van der Waals surface area contributed by atoms with E-state index in [2.05, 4.69) is 5.32 Å². The van der Waals surface area contributed by atoms with Gasteiger partial charge in [0, 0.05) is 24.5 Å². The molecule has 274 valence electrons. The lowest BCUT2D eigenvalue weighted by Gasteiger charge is -2.27. The van der Waals surface area contributed by atoms with Gasteiger partial charge in [-0.2, -0.15) is 13.2 Å². The topological polar surface area (TPSA) is 149 Å². The lowest BCUT2D eigenvalue weighted by atomic mass is 9.87. The van der Waals surface area contributed by atoms with Crippen LogP contribution in [0, 0.1) is 6.92 Å². The Bertz CT molecular complexity index is 1960. The van der Waals surface area contributed by atoms with Gasteiger partial charge in [0.05, 0.1) is 22.9 Å². The lowest BCUT2D eigenvalue weighted by Crippen LogP contribution is -2.49. The van der Waals surface area contributed by atoms with Crippen molar-refractivity contribution in [2.45, 2.75) is 44.9 Å². The van der Waals surface area contributed by atoms with Crippen LogP contribution in [0.3, 0.4) is 0 Å². The number of amides is 2. The fourth-order valence-electron chi connectivity index (χ4n) is 4.90. The zero-order valence-corrected chi connectivity index (χ0v) is 29.5. The van der Waals surface area contributed by atoms with Crippen molar-refractivity contribution in [2.24, 2.45) is 0 Å². The Balaban J connectivity index is 1.59. The molecule has 52 heavy (non-hydrogen) atoms. The number of nitrogens with zero attached hydrogens (tertiary/aromatic N) is 1. The number of carboxylic acid groups (broad SMARTS) is 1. The van der Waals surface area contributed by atoms with Crippen molar-refractivity contribution in [3.63, 3.8) is 0 Å². The predicted octanol–water partition coefficient (Wildman–Crippen LogP) is 7.58. The molecule has 2 N–H and O–H groups in total. The number of anilines is 1. The third-order valence-corrected chi connectivity index (χ3v) is 9.00. The molecule has 1 heterocycles. The van der Waals surface area contributed by atoms with Crippen LogP contribution in [0.15, 0.2) is 78.2 Å². The van der Waals surface area contributed by atoms with Crippen LogP contribution >= 0.6 is 11.3 Å². The highest BCUT2D eigenvalue weighted by molar-refractivity contribution is 7.10. The number of ether oxygens (including phenoxy) is 3. The molecule has 4 rings (SSSR count). The zero-order chi connectivity index (χ0) is 38.4. The maximum absolute atomic E-state index is 13.6. The fourth-order valence-corrected chi connectivity index (χ4v) is 5.79. The Labute approximate surface area is 300 Å². The van der Waals surface area contributed by atoms with E-state index in [1.807, 2.05) is 0 Å². The van der Waals surface area contributed by atoms with Crippen molar-refractivity contribution in [3.05, 3.63) is 105 Å². The van der Waals surface area contributed by atoms with Crippen molar-refractivity contribution in [1.82, 2.24) is 4.90 Å². The maximum Gasteiger partial charge on any atom is 0.513 e. The first-order valence-corrected chi connectivity index (χ1v) is 16.6. The Morgan fingerprint density at radius 2 is 1.63 bits per heavy atom. The SMILES string of the molecule is CCC(C)OC(=O)C(COC(=O)Oc1ccc(NC(=O)c2ccc(C)cc2-c2ccc(C(F)(F)F)cc2)c(C(=O)N(C)C)c1)(C(=O)O)c1cccs1. The molecule has 0 aliphatic carbocycles. The summed E-state index contributed by atoms with van der Waals surface area (Å²) >= 11 is 0.960. The Morgan fingerprint density at radius 3 is 2.21 bits per heavy atom. The second kappa shape index (κ2) is 16.1. The summed E-state index contributed by atoms with van der Waals surface area (Å²) in [6.45, 7) is 4.13. The number of nitrogens with one attached hydrogen (secondary N) is 1. The van der Waals surface area contributed by atoms with Crippen LogP contribution in [-0.4, -0.2) is 66.7 Å². The number of aliphatic carboxylic acids is 1. The van der Waals surface area contributed by atoms with Crippen LogP contribution in [0.4, 0.5) is 23.7 Å². The summed E-state index contributed by atoms with van der Waals surface area (Å²) < 4.78 is 55.3. The molecular weight excluding hydrogens is 705 g/mol. The molecule has 1 aromatic heterocycles. The van der Waals surface area contributed by atoms with Crippen LogP contribution in [0.5, 0.6) is 5.75 Å². The van der Waals surface area contributed by atoms with Crippen molar-refractivity contribution in [3.8, 4) is 16.9 Å². The summed E-state index contributed by atoms with van der Waals surface area (Å²) in [6.07, 6.45) is -6.14. The molecule has 0 bridgehead atoms. The van der Waals surface area contributed by atoms with Crippen molar-refractivity contribution >= 4 is 46.9 Å². The van der Waals surface area contributed by atoms with Crippen LogP contribution in [0.25, 0.3) is 11.1 Å². The molecule has 2 atom stereocenters. The number of carbonyl (C=O) groups excluding carboxylic acids is 4. The summed E-state index contributed by atoms with van der Waals surface area (Å²) in [6, 6.07) is 15.8. The number of hydrogen-bond donors (Lipinski definition) is 2. The maximum atomic E-state index is 13.6. The van der Waals surface area contributed by atoms with E-state index in [-0.39, 0.29) is 27.4 Å². The van der Waals surface area contributed by atoms with E-state index < -0.39 is 59.8 Å². The van der Waals surface area contributed by atoms with E-state index in [0.717, 1.165) is 35.1 Å². The molecule has 2 unspecified atom stereocenters. The second-order valence-electron chi connectivity index (χ2n) is 11.9. The number of carbonyl (C=O) groups is 5. The van der Waals surface area contributed by atoms with Gasteiger partial charge in [-0.25, -0.2) is 4.79 Å². The minimum Gasteiger partial charge on any atom is -0.480 e. The highest BCUT2D eigenvalue weighted by Crippen LogP contribution is 2.34. The average molecular weight is 741 g/mol. The van der Waals surface area contributed by atoms with Gasteiger partial charge in [0.15, 0.2) is 0 Å². The predicted molar refractivity (Wildman–Crippen MR) is 185 cm³/mol. The molecular formula is C37H35F3N2O9S. The highest BCUT2D eigenvalue weighted by atomic mass is 32.1. The van der Waals surface area contributed by atoms with Gasteiger partial charge >= 0.3 is 24.3 Å². The molecule has 0 spiro atoms. The van der Waals surface area contributed by atoms with Crippen molar-refractivity contribution in [2.75, 3.05) is 26.0 Å². The summed E-state index contributed by atoms with van der Waals surface area (Å²) in [7, 11) is 2.90. The fraction of sp³-hybridized carbons (Fsp3) is 0.270. The highest BCUT2D eigenvalue weighted by Gasteiger charge is 2.52. The molecule has 2 amide bonds. The number of hydrogen-bond acceptors (Lipinski definition) is 9. The van der Waals surface area contributed by atoms with E-state index in [1.54, 1.807) is 38.3 Å². The first kappa shape index (κ1) is 39.1. The molecule has 0 aliphatic rings. The number of esters is 1. The van der Waals surface area contributed by atoms with Crippen molar-refractivity contribution in [1.29, 1.82) is 0 Å². The quantitative estimate of drug-likeness (QED) is 0.0852. The molecule has 11 nitrogen and oxygen atoms in total. The number of halogens is 3. The van der Waals surface area contributed by atoms with Gasteiger partial charge < -0.3 is 29.5 Å². The van der Waals surface area contributed by atoms with E-state index >= 15 is 0 Å². The molecule has 3 aromatic carbocycles. The summed E-state index contributed by atoms with van der Waals surface area (Å²) in [4.78, 5) is 66.7. The molecule has 0 radical (unpaired) electrons. The van der Waals surface area contributed by atoms with Crippen LogP contribution < -0.4 is 10.1 Å². The second-order valence-corrected chi connectivity index (χ2v) is 12.9. The number of aryl methyl sites for hydroxylation is 1. The molecule has 0 saturated carbocycles. The van der Waals surface area contributed by atoms with Gasteiger partial charge in [-0.1, -0.05) is 42.8 Å². The number of thiophene rings is 1.